The number of thioether (sulfide) groups is 1. The van der Waals surface area contributed by atoms with Gasteiger partial charge in [0.2, 0.25) is 0 Å². The minimum absolute atomic E-state index is 0.312. The molecule has 2 aromatic rings. The molecule has 0 atom stereocenters. The molecule has 0 fully saturated rings. The molecule has 0 radical (unpaired) electrons. The maximum atomic E-state index is 11.9. The quantitative estimate of drug-likeness (QED) is 0.554. The Morgan fingerprint density at radius 1 is 1.18 bits per heavy atom. The lowest BCUT2D eigenvalue weighted by Crippen LogP contribution is -2.33. The van der Waals surface area contributed by atoms with Gasteiger partial charge in [0.1, 0.15) is 5.60 Å². The summed E-state index contributed by atoms with van der Waals surface area (Å²) in [5, 5.41) is 2.98. The molecule has 2 rings (SSSR count). The lowest BCUT2D eigenvalue weighted by molar-refractivity contribution is 0.0331. The molecule has 0 saturated carbocycles. The summed E-state index contributed by atoms with van der Waals surface area (Å²) >= 11 is 7.58. The van der Waals surface area contributed by atoms with Crippen LogP contribution in [-0.2, 0) is 4.74 Å². The van der Waals surface area contributed by atoms with E-state index in [9.17, 15) is 4.79 Å². The van der Waals surface area contributed by atoms with Gasteiger partial charge in [0.15, 0.2) is 0 Å². The highest BCUT2D eigenvalue weighted by Gasteiger charge is 2.19. The Balaban J connectivity index is 1.99. The van der Waals surface area contributed by atoms with Gasteiger partial charge in [-0.1, -0.05) is 23.7 Å². The molecule has 0 aliphatic carbocycles. The smallest absolute Gasteiger partial charge is 0.410 e. The van der Waals surface area contributed by atoms with Crippen LogP contribution in [0.2, 0.25) is 5.02 Å². The second kappa shape index (κ2) is 6.80. The number of rotatable bonds is 3. The third-order valence-corrected chi connectivity index (χ3v) is 4.24. The molecule has 3 nitrogen and oxygen atoms in total. The predicted octanol–water partition coefficient (Wildman–Crippen LogP) is 5.41. The zero-order valence-corrected chi connectivity index (χ0v) is 14.8. The lowest BCUT2D eigenvalue weighted by atomic mass is 10.1. The first kappa shape index (κ1) is 17.0. The largest absolute Gasteiger partial charge is 0.444 e. The Kier molecular flexibility index (Phi) is 5.24. The van der Waals surface area contributed by atoms with E-state index in [0.29, 0.717) is 5.88 Å². The predicted molar refractivity (Wildman–Crippen MR) is 93.7 cm³/mol. The van der Waals surface area contributed by atoms with Crippen molar-refractivity contribution in [2.24, 2.45) is 0 Å². The van der Waals surface area contributed by atoms with E-state index in [1.54, 1.807) is 23.7 Å². The molecular weight excluding hydrogens is 318 g/mol. The van der Waals surface area contributed by atoms with Crippen molar-refractivity contribution in [3.05, 3.63) is 41.4 Å². The second-order valence-electron chi connectivity index (χ2n) is 6.11. The van der Waals surface area contributed by atoms with Gasteiger partial charge in [-0.15, -0.1) is 11.8 Å². The molecule has 22 heavy (non-hydrogen) atoms. The summed E-state index contributed by atoms with van der Waals surface area (Å²) in [5.41, 5.74) is -0.474. The fourth-order valence-electron chi connectivity index (χ4n) is 1.85. The Labute approximate surface area is 140 Å². The van der Waals surface area contributed by atoms with Crippen LogP contribution in [0.3, 0.4) is 0 Å². The summed E-state index contributed by atoms with van der Waals surface area (Å²) < 4.78 is 5.33. The number of fused-ring (bicyclic) bond motifs is 1. The highest BCUT2D eigenvalue weighted by molar-refractivity contribution is 7.99. The monoisotopic (exact) mass is 337 g/mol. The molecule has 0 N–H and O–H groups in total. The van der Waals surface area contributed by atoms with E-state index in [-0.39, 0.29) is 6.09 Å². The van der Waals surface area contributed by atoms with E-state index in [1.807, 2.05) is 51.1 Å². The van der Waals surface area contributed by atoms with Crippen LogP contribution in [0.1, 0.15) is 20.8 Å². The normalized spacial score (nSPS) is 11.5. The van der Waals surface area contributed by atoms with Crippen molar-refractivity contribution in [1.29, 1.82) is 0 Å². The van der Waals surface area contributed by atoms with E-state index in [4.69, 9.17) is 16.3 Å². The van der Waals surface area contributed by atoms with Crippen molar-refractivity contribution in [2.75, 3.05) is 12.9 Å². The third kappa shape index (κ3) is 4.82. The molecular formula is C17H20ClNO2S. The van der Waals surface area contributed by atoms with Gasteiger partial charge in [-0.3, -0.25) is 0 Å². The first-order valence-electron chi connectivity index (χ1n) is 7.01. The lowest BCUT2D eigenvalue weighted by Gasteiger charge is -2.24. The van der Waals surface area contributed by atoms with E-state index >= 15 is 0 Å². The number of amides is 1. The van der Waals surface area contributed by atoms with Gasteiger partial charge < -0.3 is 9.64 Å². The first-order valence-corrected chi connectivity index (χ1v) is 8.37. The number of carbonyl (C=O) groups is 1. The summed E-state index contributed by atoms with van der Waals surface area (Å²) in [5.74, 6) is 0.536. The summed E-state index contributed by atoms with van der Waals surface area (Å²) in [7, 11) is 1.74. The van der Waals surface area contributed by atoms with E-state index in [2.05, 4.69) is 6.07 Å². The first-order chi connectivity index (χ1) is 10.2. The van der Waals surface area contributed by atoms with E-state index in [0.717, 1.165) is 20.7 Å². The fraction of sp³-hybridized carbons (Fsp3) is 0.353. The van der Waals surface area contributed by atoms with Crippen LogP contribution in [0.4, 0.5) is 4.79 Å². The molecule has 0 unspecified atom stereocenters. The molecule has 0 saturated heterocycles. The molecule has 0 aromatic heterocycles. The van der Waals surface area contributed by atoms with E-state index in [1.165, 1.54) is 0 Å². The van der Waals surface area contributed by atoms with Gasteiger partial charge in [-0.25, -0.2) is 4.79 Å². The Morgan fingerprint density at radius 3 is 2.50 bits per heavy atom. The molecule has 0 aliphatic rings. The van der Waals surface area contributed by atoms with Crippen LogP contribution in [-0.4, -0.2) is 29.5 Å². The maximum absolute atomic E-state index is 11.9. The Morgan fingerprint density at radius 2 is 1.82 bits per heavy atom. The molecule has 0 heterocycles. The number of benzene rings is 2. The number of hydrogen-bond donors (Lipinski definition) is 0. The van der Waals surface area contributed by atoms with Crippen molar-refractivity contribution in [3.63, 3.8) is 0 Å². The minimum atomic E-state index is -0.474. The second-order valence-corrected chi connectivity index (χ2v) is 7.56. The maximum Gasteiger partial charge on any atom is 0.410 e. The number of halogens is 1. The standard InChI is InChI=1S/C17H20ClNO2S/c1-17(2,3)21-16(20)19(4)11-22-15-8-6-12-9-14(18)7-5-13(12)10-15/h5-10H,11H2,1-4H3. The van der Waals surface area contributed by atoms with Crippen molar-refractivity contribution < 1.29 is 9.53 Å². The average molecular weight is 338 g/mol. The van der Waals surface area contributed by atoms with E-state index < -0.39 is 5.60 Å². The number of nitrogens with zero attached hydrogens (tertiary/aromatic N) is 1. The highest BCUT2D eigenvalue weighted by atomic mass is 35.5. The molecule has 118 valence electrons. The van der Waals surface area contributed by atoms with Crippen LogP contribution in [0, 0.1) is 0 Å². The molecule has 0 aliphatic heterocycles. The summed E-state index contributed by atoms with van der Waals surface area (Å²) in [6.45, 7) is 5.58. The Bertz CT molecular complexity index is 682. The van der Waals surface area contributed by atoms with Crippen LogP contribution >= 0.6 is 23.4 Å². The zero-order chi connectivity index (χ0) is 16.3. The zero-order valence-electron chi connectivity index (χ0n) is 13.2. The van der Waals surface area contributed by atoms with Crippen LogP contribution in [0.5, 0.6) is 0 Å². The molecule has 0 spiro atoms. The average Bonchev–Trinajstić information content (AvgIpc) is 2.42. The van der Waals surface area contributed by atoms with Crippen LogP contribution < -0.4 is 0 Å². The summed E-state index contributed by atoms with van der Waals surface area (Å²) in [4.78, 5) is 14.6. The van der Waals surface area contributed by atoms with Crippen LogP contribution in [0.25, 0.3) is 10.8 Å². The minimum Gasteiger partial charge on any atom is -0.444 e. The van der Waals surface area contributed by atoms with Crippen molar-refractivity contribution in [2.45, 2.75) is 31.3 Å². The number of carbonyl (C=O) groups excluding carboxylic acids is 1. The molecule has 0 bridgehead atoms. The Hall–Kier alpha value is -1.39. The van der Waals surface area contributed by atoms with Crippen LogP contribution in [0.15, 0.2) is 41.3 Å². The van der Waals surface area contributed by atoms with Crippen molar-refractivity contribution in [1.82, 2.24) is 4.90 Å². The highest BCUT2D eigenvalue weighted by Crippen LogP contribution is 2.26. The summed E-state index contributed by atoms with van der Waals surface area (Å²) in [6.07, 6.45) is -0.312. The van der Waals surface area contributed by atoms with Gasteiger partial charge in [0.25, 0.3) is 0 Å². The number of ether oxygens (including phenoxy) is 1. The molecule has 1 amide bonds. The molecule has 2 aromatic carbocycles. The van der Waals surface area contributed by atoms with Crippen molar-refractivity contribution in [3.8, 4) is 0 Å². The summed E-state index contributed by atoms with van der Waals surface area (Å²) in [6, 6.07) is 12.0. The van der Waals surface area contributed by atoms with Gasteiger partial charge >= 0.3 is 6.09 Å². The topological polar surface area (TPSA) is 29.5 Å². The van der Waals surface area contributed by atoms with Gasteiger partial charge in [0.05, 0.1) is 5.88 Å². The third-order valence-electron chi connectivity index (χ3n) is 2.90. The molecule has 5 heteroatoms. The van der Waals surface area contributed by atoms with Gasteiger partial charge in [0, 0.05) is 17.0 Å². The number of hydrogen-bond acceptors (Lipinski definition) is 3. The van der Waals surface area contributed by atoms with Gasteiger partial charge in [-0.2, -0.15) is 0 Å². The van der Waals surface area contributed by atoms with Gasteiger partial charge in [-0.05, 0) is 55.8 Å². The SMILES string of the molecule is CN(CSc1ccc2cc(Cl)ccc2c1)C(=O)OC(C)(C)C. The van der Waals surface area contributed by atoms with Crippen molar-refractivity contribution >= 4 is 40.2 Å². The fourth-order valence-corrected chi connectivity index (χ4v) is 2.85.